The van der Waals surface area contributed by atoms with Crippen LogP contribution in [0, 0.1) is 5.92 Å². The summed E-state index contributed by atoms with van der Waals surface area (Å²) in [6.45, 7) is 4.59. The number of benzene rings is 1. The molecule has 28 heavy (non-hydrogen) atoms. The topological polar surface area (TPSA) is 93.4 Å². The molecule has 7 nitrogen and oxygen atoms in total. The summed E-state index contributed by atoms with van der Waals surface area (Å²) in [7, 11) is -3.32. The van der Waals surface area contributed by atoms with E-state index in [9.17, 15) is 13.2 Å². The fourth-order valence-electron chi connectivity index (χ4n) is 4.15. The van der Waals surface area contributed by atoms with Gasteiger partial charge in [0, 0.05) is 25.1 Å². The van der Waals surface area contributed by atoms with Gasteiger partial charge in [-0.15, -0.1) is 0 Å². The third-order valence-electron chi connectivity index (χ3n) is 5.91. The van der Waals surface area contributed by atoms with Crippen molar-refractivity contribution in [3.8, 4) is 11.4 Å². The molecular weight excluding hydrogens is 378 g/mol. The molecule has 8 heteroatoms. The molecule has 2 aliphatic rings. The Labute approximate surface area is 165 Å². The minimum absolute atomic E-state index is 0.0238. The number of hydrogen-bond acceptors (Lipinski definition) is 6. The van der Waals surface area contributed by atoms with Crippen molar-refractivity contribution in [2.24, 2.45) is 5.92 Å². The van der Waals surface area contributed by atoms with E-state index >= 15 is 0 Å². The number of carbonyl (C=O) groups excluding carboxylic acids is 1. The van der Waals surface area contributed by atoms with Gasteiger partial charge in [-0.05, 0) is 18.8 Å². The van der Waals surface area contributed by atoms with Crippen molar-refractivity contribution in [3.63, 3.8) is 0 Å². The SMILES string of the molecule is CC(C)CCC(=O)N1CC2(C1)C(c1nc(-c3ccccc3)no1)CCS2(=O)=O. The van der Waals surface area contributed by atoms with Crippen LogP contribution in [0.2, 0.25) is 0 Å². The lowest BCUT2D eigenvalue weighted by molar-refractivity contribution is -0.137. The standard InChI is InChI=1S/C20H25N3O4S/c1-14(2)8-9-17(24)23-12-20(13-23)16(10-11-28(20,25)26)19-21-18(22-27-19)15-6-4-3-5-7-15/h3-7,14,16H,8-13H2,1-2H3. The number of carbonyl (C=O) groups is 1. The summed E-state index contributed by atoms with van der Waals surface area (Å²) in [5.74, 6) is 1.01. The summed E-state index contributed by atoms with van der Waals surface area (Å²) in [6, 6.07) is 9.45. The molecule has 2 aliphatic heterocycles. The van der Waals surface area contributed by atoms with Gasteiger partial charge in [-0.2, -0.15) is 4.98 Å². The molecular formula is C20H25N3O4S. The molecule has 2 fully saturated rings. The number of aromatic nitrogens is 2. The molecule has 1 aromatic heterocycles. The summed E-state index contributed by atoms with van der Waals surface area (Å²) in [4.78, 5) is 18.5. The second kappa shape index (κ2) is 6.99. The van der Waals surface area contributed by atoms with Gasteiger partial charge in [0.15, 0.2) is 9.84 Å². The van der Waals surface area contributed by atoms with E-state index in [-0.39, 0.29) is 30.7 Å². The van der Waals surface area contributed by atoms with Crippen LogP contribution in [0.5, 0.6) is 0 Å². The zero-order valence-corrected chi connectivity index (χ0v) is 17.0. The van der Waals surface area contributed by atoms with E-state index in [1.807, 2.05) is 30.3 Å². The second-order valence-corrected chi connectivity index (χ2v) is 10.7. The van der Waals surface area contributed by atoms with E-state index in [0.717, 1.165) is 12.0 Å². The van der Waals surface area contributed by atoms with E-state index < -0.39 is 14.6 Å². The van der Waals surface area contributed by atoms with E-state index in [2.05, 4.69) is 24.0 Å². The van der Waals surface area contributed by atoms with Crippen molar-refractivity contribution in [2.75, 3.05) is 18.8 Å². The third-order valence-corrected chi connectivity index (χ3v) is 8.46. The molecule has 2 saturated heterocycles. The minimum atomic E-state index is -3.32. The van der Waals surface area contributed by atoms with Crippen molar-refractivity contribution in [1.29, 1.82) is 0 Å². The Morgan fingerprint density at radius 2 is 2.00 bits per heavy atom. The molecule has 1 spiro atoms. The van der Waals surface area contributed by atoms with Crippen LogP contribution in [0.3, 0.4) is 0 Å². The lowest BCUT2D eigenvalue weighted by atomic mass is 9.82. The van der Waals surface area contributed by atoms with E-state index in [1.165, 1.54) is 0 Å². The molecule has 150 valence electrons. The predicted octanol–water partition coefficient (Wildman–Crippen LogP) is 2.66. The molecule has 2 aromatic rings. The average Bonchev–Trinajstić information content (AvgIpc) is 3.21. The maximum absolute atomic E-state index is 12.8. The van der Waals surface area contributed by atoms with Gasteiger partial charge in [0.05, 0.1) is 11.7 Å². The molecule has 3 heterocycles. The van der Waals surface area contributed by atoms with E-state index in [4.69, 9.17) is 4.52 Å². The zero-order chi connectivity index (χ0) is 19.9. The smallest absolute Gasteiger partial charge is 0.231 e. The summed E-state index contributed by atoms with van der Waals surface area (Å²) in [6.07, 6.45) is 1.71. The molecule has 0 bridgehead atoms. The highest BCUT2D eigenvalue weighted by Crippen LogP contribution is 2.49. The number of sulfone groups is 1. The van der Waals surface area contributed by atoms with Crippen LogP contribution in [0.1, 0.15) is 44.9 Å². The van der Waals surface area contributed by atoms with E-state index in [0.29, 0.717) is 30.5 Å². The van der Waals surface area contributed by atoms with Crippen molar-refractivity contribution in [3.05, 3.63) is 36.2 Å². The van der Waals surface area contributed by atoms with Crippen LogP contribution in [0.15, 0.2) is 34.9 Å². The van der Waals surface area contributed by atoms with Crippen molar-refractivity contribution in [2.45, 2.75) is 43.8 Å². The fourth-order valence-corrected chi connectivity index (χ4v) is 6.46. The summed E-state index contributed by atoms with van der Waals surface area (Å²) in [5.41, 5.74) is 0.825. The Morgan fingerprint density at radius 1 is 1.29 bits per heavy atom. The summed E-state index contributed by atoms with van der Waals surface area (Å²) < 4.78 is 30.2. The van der Waals surface area contributed by atoms with Gasteiger partial charge in [0.25, 0.3) is 0 Å². The first-order valence-corrected chi connectivity index (χ1v) is 11.4. The number of hydrogen-bond donors (Lipinski definition) is 0. The van der Waals surface area contributed by atoms with Gasteiger partial charge >= 0.3 is 0 Å². The summed E-state index contributed by atoms with van der Waals surface area (Å²) in [5, 5.41) is 4.04. The maximum atomic E-state index is 12.8. The van der Waals surface area contributed by atoms with Gasteiger partial charge in [-0.1, -0.05) is 49.3 Å². The lowest BCUT2D eigenvalue weighted by Gasteiger charge is -2.49. The predicted molar refractivity (Wildman–Crippen MR) is 104 cm³/mol. The highest BCUT2D eigenvalue weighted by atomic mass is 32.2. The molecule has 1 aromatic carbocycles. The first-order valence-electron chi connectivity index (χ1n) is 9.71. The number of rotatable bonds is 5. The maximum Gasteiger partial charge on any atom is 0.231 e. The average molecular weight is 404 g/mol. The number of nitrogens with zero attached hydrogens (tertiary/aromatic N) is 3. The van der Waals surface area contributed by atoms with Gasteiger partial charge < -0.3 is 9.42 Å². The van der Waals surface area contributed by atoms with Crippen molar-refractivity contribution in [1.82, 2.24) is 15.0 Å². The fraction of sp³-hybridized carbons (Fsp3) is 0.550. The van der Waals surface area contributed by atoms with Crippen LogP contribution in [0.25, 0.3) is 11.4 Å². The Hall–Kier alpha value is -2.22. The van der Waals surface area contributed by atoms with Gasteiger partial charge in [-0.3, -0.25) is 4.79 Å². The van der Waals surface area contributed by atoms with Crippen LogP contribution < -0.4 is 0 Å². The first kappa shape index (κ1) is 19.1. The Balaban J connectivity index is 1.54. The normalized spacial score (nSPS) is 22.5. The largest absolute Gasteiger partial charge is 0.339 e. The molecule has 1 amide bonds. The molecule has 1 unspecified atom stereocenters. The van der Waals surface area contributed by atoms with Crippen molar-refractivity contribution >= 4 is 15.7 Å². The second-order valence-electron chi connectivity index (χ2n) is 8.23. The van der Waals surface area contributed by atoms with Gasteiger partial charge in [0.2, 0.25) is 17.6 Å². The molecule has 0 radical (unpaired) electrons. The molecule has 1 atom stereocenters. The highest BCUT2D eigenvalue weighted by molar-refractivity contribution is 7.93. The Bertz CT molecular complexity index is 962. The van der Waals surface area contributed by atoms with Crippen LogP contribution >= 0.6 is 0 Å². The lowest BCUT2D eigenvalue weighted by Crippen LogP contribution is -2.67. The van der Waals surface area contributed by atoms with Crippen LogP contribution in [-0.2, 0) is 14.6 Å². The highest BCUT2D eigenvalue weighted by Gasteiger charge is 2.64. The monoisotopic (exact) mass is 403 g/mol. The zero-order valence-electron chi connectivity index (χ0n) is 16.2. The molecule has 0 N–H and O–H groups in total. The third kappa shape index (κ3) is 3.13. The minimum Gasteiger partial charge on any atom is -0.339 e. The van der Waals surface area contributed by atoms with E-state index in [1.54, 1.807) is 4.90 Å². The van der Waals surface area contributed by atoms with Gasteiger partial charge in [-0.25, -0.2) is 8.42 Å². The van der Waals surface area contributed by atoms with Crippen LogP contribution in [-0.4, -0.2) is 53.0 Å². The number of amides is 1. The molecule has 4 rings (SSSR count). The van der Waals surface area contributed by atoms with Crippen molar-refractivity contribution < 1.29 is 17.7 Å². The quantitative estimate of drug-likeness (QED) is 0.762. The molecule has 0 saturated carbocycles. The first-order chi connectivity index (χ1) is 13.3. The molecule has 0 aliphatic carbocycles. The Kier molecular flexibility index (Phi) is 4.77. The Morgan fingerprint density at radius 3 is 2.68 bits per heavy atom. The van der Waals surface area contributed by atoms with Gasteiger partial charge in [0.1, 0.15) is 4.75 Å². The number of likely N-dealkylation sites (tertiary alicyclic amines) is 1. The summed E-state index contributed by atoms with van der Waals surface area (Å²) >= 11 is 0. The van der Waals surface area contributed by atoms with Crippen LogP contribution in [0.4, 0.5) is 0 Å².